The number of hydrogen-bond acceptors (Lipinski definition) is 4. The molecule has 2 N–H and O–H groups in total. The van der Waals surface area contributed by atoms with Crippen molar-refractivity contribution in [2.75, 3.05) is 26.2 Å². The number of nitrogens with zero attached hydrogens (tertiary/aromatic N) is 3. The highest BCUT2D eigenvalue weighted by Crippen LogP contribution is 2.14. The second-order valence-electron chi connectivity index (χ2n) is 5.06. The summed E-state index contributed by atoms with van der Waals surface area (Å²) in [5, 5.41) is 0. The first kappa shape index (κ1) is 13.5. The van der Waals surface area contributed by atoms with Crippen molar-refractivity contribution in [1.82, 2.24) is 14.5 Å². The molecule has 0 amide bonds. The summed E-state index contributed by atoms with van der Waals surface area (Å²) in [5.41, 5.74) is 7.96. The van der Waals surface area contributed by atoms with Gasteiger partial charge in [0.15, 0.2) is 0 Å². The maximum atomic E-state index is 5.70. The van der Waals surface area contributed by atoms with Crippen LogP contribution in [-0.4, -0.2) is 46.8 Å². The Morgan fingerprint density at radius 2 is 2.22 bits per heavy atom. The Morgan fingerprint density at radius 3 is 2.83 bits per heavy atom. The van der Waals surface area contributed by atoms with E-state index in [-0.39, 0.29) is 6.10 Å². The molecule has 0 saturated carbocycles. The Hall–Kier alpha value is -0.910. The maximum absolute atomic E-state index is 5.70. The van der Waals surface area contributed by atoms with E-state index in [1.54, 1.807) is 0 Å². The summed E-state index contributed by atoms with van der Waals surface area (Å²) in [5.74, 6) is 1.14. The summed E-state index contributed by atoms with van der Waals surface area (Å²) >= 11 is 0. The average molecular weight is 252 g/mol. The third kappa shape index (κ3) is 2.91. The standard InChI is InChI=1S/C13H24N4O/c1-10-11(2)16(3)13(15-10)9-17-6-7-18-12(8-17)4-5-14/h12H,4-9,14H2,1-3H3/t12-/m1/s1. The fourth-order valence-electron chi connectivity index (χ4n) is 2.41. The minimum absolute atomic E-state index is 0.284. The van der Waals surface area contributed by atoms with Crippen LogP contribution in [0.5, 0.6) is 0 Å². The zero-order chi connectivity index (χ0) is 13.1. The highest BCUT2D eigenvalue weighted by Gasteiger charge is 2.21. The van der Waals surface area contributed by atoms with E-state index in [0.29, 0.717) is 6.54 Å². The molecular formula is C13H24N4O. The van der Waals surface area contributed by atoms with Crippen molar-refractivity contribution in [3.05, 3.63) is 17.2 Å². The Bertz CT molecular complexity index is 400. The molecule has 0 bridgehead atoms. The molecule has 0 spiro atoms. The van der Waals surface area contributed by atoms with E-state index in [2.05, 4.69) is 35.3 Å². The number of hydrogen-bond donors (Lipinski definition) is 1. The second kappa shape index (κ2) is 5.82. The molecular weight excluding hydrogens is 228 g/mol. The first-order valence-electron chi connectivity index (χ1n) is 6.64. The Labute approximate surface area is 109 Å². The normalized spacial score (nSPS) is 21.4. The molecule has 0 radical (unpaired) electrons. The van der Waals surface area contributed by atoms with Crippen LogP contribution in [0.25, 0.3) is 0 Å². The first-order chi connectivity index (χ1) is 8.61. The highest BCUT2D eigenvalue weighted by molar-refractivity contribution is 5.13. The highest BCUT2D eigenvalue weighted by atomic mass is 16.5. The van der Waals surface area contributed by atoms with Crippen molar-refractivity contribution < 1.29 is 4.74 Å². The van der Waals surface area contributed by atoms with Gasteiger partial charge in [0.1, 0.15) is 5.82 Å². The molecule has 1 atom stereocenters. The van der Waals surface area contributed by atoms with Gasteiger partial charge in [-0.3, -0.25) is 4.90 Å². The van der Waals surface area contributed by atoms with Crippen LogP contribution in [0.3, 0.4) is 0 Å². The topological polar surface area (TPSA) is 56.3 Å². The lowest BCUT2D eigenvalue weighted by atomic mass is 10.2. The predicted octanol–water partition coefficient (Wildman–Crippen LogP) is 0.587. The molecule has 1 aliphatic heterocycles. The molecule has 0 aromatic carbocycles. The molecule has 1 fully saturated rings. The van der Waals surface area contributed by atoms with Crippen molar-refractivity contribution in [2.45, 2.75) is 32.9 Å². The summed E-state index contributed by atoms with van der Waals surface area (Å²) in [6.45, 7) is 8.51. The van der Waals surface area contributed by atoms with Gasteiger partial charge in [0.2, 0.25) is 0 Å². The SMILES string of the molecule is Cc1nc(CN2CCO[C@H](CCN)C2)n(C)c1C. The smallest absolute Gasteiger partial charge is 0.123 e. The summed E-state index contributed by atoms with van der Waals surface area (Å²) < 4.78 is 7.88. The third-order valence-corrected chi connectivity index (χ3v) is 3.79. The van der Waals surface area contributed by atoms with Gasteiger partial charge in [0.05, 0.1) is 24.9 Å². The van der Waals surface area contributed by atoms with Crippen LogP contribution in [0.2, 0.25) is 0 Å². The lowest BCUT2D eigenvalue weighted by Crippen LogP contribution is -2.43. The van der Waals surface area contributed by atoms with Crippen molar-refractivity contribution >= 4 is 0 Å². The predicted molar refractivity (Wildman–Crippen MR) is 71.4 cm³/mol. The summed E-state index contributed by atoms with van der Waals surface area (Å²) in [4.78, 5) is 7.04. The summed E-state index contributed by atoms with van der Waals surface area (Å²) in [6.07, 6.45) is 1.22. The van der Waals surface area contributed by atoms with Gasteiger partial charge in [-0.15, -0.1) is 0 Å². The van der Waals surface area contributed by atoms with Gasteiger partial charge in [0, 0.05) is 25.8 Å². The average Bonchev–Trinajstić information content (AvgIpc) is 2.58. The van der Waals surface area contributed by atoms with Gasteiger partial charge >= 0.3 is 0 Å². The van der Waals surface area contributed by atoms with Crippen LogP contribution in [0.1, 0.15) is 23.6 Å². The summed E-state index contributed by atoms with van der Waals surface area (Å²) in [6, 6.07) is 0. The van der Waals surface area contributed by atoms with Crippen LogP contribution < -0.4 is 5.73 Å². The van der Waals surface area contributed by atoms with Crippen LogP contribution in [0.15, 0.2) is 0 Å². The number of aromatic nitrogens is 2. The lowest BCUT2D eigenvalue weighted by Gasteiger charge is -2.32. The Kier molecular flexibility index (Phi) is 4.37. The molecule has 102 valence electrons. The molecule has 0 aliphatic carbocycles. The molecule has 1 aromatic heterocycles. The molecule has 1 aromatic rings. The van der Waals surface area contributed by atoms with Crippen molar-refractivity contribution in [2.24, 2.45) is 12.8 Å². The molecule has 5 heteroatoms. The number of rotatable bonds is 4. The van der Waals surface area contributed by atoms with Crippen molar-refractivity contribution in [3.63, 3.8) is 0 Å². The zero-order valence-electron chi connectivity index (χ0n) is 11.6. The van der Waals surface area contributed by atoms with E-state index >= 15 is 0 Å². The molecule has 2 heterocycles. The van der Waals surface area contributed by atoms with Crippen molar-refractivity contribution in [1.29, 1.82) is 0 Å². The number of ether oxygens (including phenoxy) is 1. The summed E-state index contributed by atoms with van der Waals surface area (Å²) in [7, 11) is 2.09. The fourth-order valence-corrected chi connectivity index (χ4v) is 2.41. The maximum Gasteiger partial charge on any atom is 0.123 e. The lowest BCUT2D eigenvalue weighted by molar-refractivity contribution is -0.0344. The fraction of sp³-hybridized carbons (Fsp3) is 0.769. The third-order valence-electron chi connectivity index (χ3n) is 3.79. The Morgan fingerprint density at radius 1 is 1.44 bits per heavy atom. The number of nitrogens with two attached hydrogens (primary N) is 1. The molecule has 1 aliphatic rings. The van der Waals surface area contributed by atoms with E-state index in [0.717, 1.165) is 44.2 Å². The van der Waals surface area contributed by atoms with Crippen LogP contribution >= 0.6 is 0 Å². The van der Waals surface area contributed by atoms with Gasteiger partial charge in [0.25, 0.3) is 0 Å². The van der Waals surface area contributed by atoms with Gasteiger partial charge in [-0.2, -0.15) is 0 Å². The zero-order valence-corrected chi connectivity index (χ0v) is 11.6. The van der Waals surface area contributed by atoms with Crippen LogP contribution in [0, 0.1) is 13.8 Å². The molecule has 18 heavy (non-hydrogen) atoms. The van der Waals surface area contributed by atoms with E-state index < -0.39 is 0 Å². The van der Waals surface area contributed by atoms with E-state index in [4.69, 9.17) is 10.5 Å². The van der Waals surface area contributed by atoms with E-state index in [1.165, 1.54) is 5.69 Å². The number of aryl methyl sites for hydroxylation is 1. The minimum Gasteiger partial charge on any atom is -0.376 e. The molecule has 2 rings (SSSR count). The van der Waals surface area contributed by atoms with E-state index in [1.807, 2.05) is 0 Å². The minimum atomic E-state index is 0.284. The number of imidazole rings is 1. The van der Waals surface area contributed by atoms with Gasteiger partial charge in [-0.1, -0.05) is 0 Å². The van der Waals surface area contributed by atoms with Gasteiger partial charge in [-0.25, -0.2) is 4.98 Å². The number of morpholine rings is 1. The first-order valence-corrected chi connectivity index (χ1v) is 6.64. The molecule has 1 saturated heterocycles. The van der Waals surface area contributed by atoms with E-state index in [9.17, 15) is 0 Å². The van der Waals surface area contributed by atoms with Gasteiger partial charge < -0.3 is 15.0 Å². The Balaban J connectivity index is 1.98. The van der Waals surface area contributed by atoms with Gasteiger partial charge in [-0.05, 0) is 26.8 Å². The molecule has 0 unspecified atom stereocenters. The van der Waals surface area contributed by atoms with Crippen molar-refractivity contribution in [3.8, 4) is 0 Å². The quantitative estimate of drug-likeness (QED) is 0.852. The van der Waals surface area contributed by atoms with Crippen LogP contribution in [0.4, 0.5) is 0 Å². The second-order valence-corrected chi connectivity index (χ2v) is 5.06. The molecule has 5 nitrogen and oxygen atoms in total. The largest absolute Gasteiger partial charge is 0.376 e. The monoisotopic (exact) mass is 252 g/mol. The van der Waals surface area contributed by atoms with Crippen LogP contribution in [-0.2, 0) is 18.3 Å².